The van der Waals surface area contributed by atoms with Gasteiger partial charge >= 0.3 is 17.9 Å². The van der Waals surface area contributed by atoms with Gasteiger partial charge in [-0.1, -0.05) is 68.1 Å². The first kappa shape index (κ1) is 37.0. The minimum absolute atomic E-state index is 0.0833. The van der Waals surface area contributed by atoms with Crippen molar-refractivity contribution in [2.24, 2.45) is 17.4 Å². The lowest BCUT2D eigenvalue weighted by Gasteiger charge is -2.44. The third-order valence-electron chi connectivity index (χ3n) is 9.11. The van der Waals surface area contributed by atoms with Crippen molar-refractivity contribution in [2.75, 3.05) is 18.5 Å². The summed E-state index contributed by atoms with van der Waals surface area (Å²) >= 11 is 1.55. The number of alkyl carbamates (subject to hydrolysis) is 1. The Kier molecular flexibility index (Phi) is 12.3. The lowest BCUT2D eigenvalue weighted by molar-refractivity contribution is -0.823. The summed E-state index contributed by atoms with van der Waals surface area (Å²) in [5.74, 6) is -2.37. The number of hydrogen-bond donors (Lipinski definition) is 5. The number of aliphatic hydroxyl groups is 1. The van der Waals surface area contributed by atoms with Gasteiger partial charge in [-0.15, -0.1) is 0 Å². The molecule has 2 aliphatic rings. The number of aliphatic hydroxyl groups excluding tert-OH is 1. The highest BCUT2D eigenvalue weighted by atomic mass is 32.2. The van der Waals surface area contributed by atoms with Gasteiger partial charge in [0, 0.05) is 29.2 Å². The molecule has 3 aromatic carbocycles. The summed E-state index contributed by atoms with van der Waals surface area (Å²) in [4.78, 5) is 57.3. The van der Waals surface area contributed by atoms with E-state index in [1.165, 1.54) is 0 Å². The zero-order chi connectivity index (χ0) is 35.8. The Balaban J connectivity index is 1.38. The molecule has 50 heavy (non-hydrogen) atoms. The Bertz CT molecular complexity index is 1690. The maximum absolute atomic E-state index is 15.0. The van der Waals surface area contributed by atoms with Crippen LogP contribution < -0.4 is 22.1 Å². The molecule has 0 bridgehead atoms. The van der Waals surface area contributed by atoms with Crippen molar-refractivity contribution in [1.82, 2.24) is 5.32 Å². The van der Waals surface area contributed by atoms with E-state index in [1.807, 2.05) is 68.4 Å². The number of carbonyl (C=O) groups excluding carboxylic acids is 4. The van der Waals surface area contributed by atoms with E-state index in [2.05, 4.69) is 10.6 Å². The summed E-state index contributed by atoms with van der Waals surface area (Å²) < 4.78 is 9.68. The molecule has 4 amide bonds. The SMILES string of the molecule is CC(C)C[C@@H](C(N)=O)[N+](C(=O)c1ccc2c(c1)Nc1ccccc1S2)(C(=O)[C@@H](N)CCCCNC(=O)OCc1ccccc1)[C@H]1CCOC1O. The number of nitrogens with two attached hydrogens (primary N) is 2. The van der Waals surface area contributed by atoms with Crippen LogP contribution in [0.4, 0.5) is 16.2 Å². The first-order valence-corrected chi connectivity index (χ1v) is 17.8. The summed E-state index contributed by atoms with van der Waals surface area (Å²) in [7, 11) is 0. The summed E-state index contributed by atoms with van der Waals surface area (Å²) in [6, 6.07) is 18.6. The van der Waals surface area contributed by atoms with Crippen molar-refractivity contribution >= 4 is 47.0 Å². The number of anilines is 2. The molecule has 2 unspecified atom stereocenters. The number of benzene rings is 3. The molecule has 5 rings (SSSR count). The molecule has 0 radical (unpaired) electrons. The Morgan fingerprint density at radius 1 is 1.02 bits per heavy atom. The van der Waals surface area contributed by atoms with E-state index in [0.717, 1.165) is 21.0 Å². The quantitative estimate of drug-likeness (QED) is 0.0902. The molecule has 1 fully saturated rings. The molecule has 13 heteroatoms. The highest BCUT2D eigenvalue weighted by molar-refractivity contribution is 7.99. The van der Waals surface area contributed by atoms with Gasteiger partial charge in [-0.05, 0) is 61.1 Å². The van der Waals surface area contributed by atoms with Gasteiger partial charge < -0.3 is 36.7 Å². The van der Waals surface area contributed by atoms with Gasteiger partial charge in [0.2, 0.25) is 6.29 Å². The van der Waals surface area contributed by atoms with Crippen LogP contribution in [0.15, 0.2) is 82.6 Å². The molecule has 12 nitrogen and oxygen atoms in total. The topological polar surface area (TPSA) is 183 Å². The number of unbranched alkanes of at least 4 members (excludes halogenated alkanes) is 1. The van der Waals surface area contributed by atoms with Crippen molar-refractivity contribution in [3.05, 3.63) is 83.9 Å². The molecule has 0 spiro atoms. The minimum Gasteiger partial charge on any atom is -0.445 e. The first-order valence-electron chi connectivity index (χ1n) is 17.0. The van der Waals surface area contributed by atoms with Crippen LogP contribution in [0.3, 0.4) is 0 Å². The number of nitrogens with one attached hydrogen (secondary N) is 2. The highest BCUT2D eigenvalue weighted by Crippen LogP contribution is 2.45. The second kappa shape index (κ2) is 16.6. The second-order valence-corrected chi connectivity index (χ2v) is 14.2. The molecule has 2 aliphatic heterocycles. The van der Waals surface area contributed by atoms with Gasteiger partial charge in [-0.2, -0.15) is 4.48 Å². The van der Waals surface area contributed by atoms with Crippen molar-refractivity contribution in [3.8, 4) is 0 Å². The van der Waals surface area contributed by atoms with E-state index in [9.17, 15) is 19.5 Å². The number of quaternary nitrogens is 1. The number of rotatable bonds is 14. The van der Waals surface area contributed by atoms with Crippen LogP contribution in [0.5, 0.6) is 0 Å². The maximum atomic E-state index is 15.0. The van der Waals surface area contributed by atoms with E-state index in [4.69, 9.17) is 20.9 Å². The number of carbonyl (C=O) groups is 4. The minimum atomic E-state index is -1.51. The van der Waals surface area contributed by atoms with E-state index < -0.39 is 52.7 Å². The number of imide groups is 1. The fraction of sp³-hybridized carbons (Fsp3) is 0.405. The zero-order valence-electron chi connectivity index (χ0n) is 28.4. The third kappa shape index (κ3) is 8.19. The molecule has 7 N–H and O–H groups in total. The maximum Gasteiger partial charge on any atom is 0.407 e. The molecule has 0 saturated carbocycles. The van der Waals surface area contributed by atoms with Crippen LogP contribution in [0.2, 0.25) is 0 Å². The lowest BCUT2D eigenvalue weighted by atomic mass is 9.91. The smallest absolute Gasteiger partial charge is 0.407 e. The number of amides is 4. The number of hydrogen-bond acceptors (Lipinski definition) is 10. The van der Waals surface area contributed by atoms with Crippen LogP contribution in [-0.4, -0.2) is 71.0 Å². The Labute approximate surface area is 296 Å². The largest absolute Gasteiger partial charge is 0.445 e. The van der Waals surface area contributed by atoms with Crippen molar-refractivity contribution in [1.29, 1.82) is 0 Å². The van der Waals surface area contributed by atoms with Crippen molar-refractivity contribution in [3.63, 3.8) is 0 Å². The van der Waals surface area contributed by atoms with Crippen LogP contribution in [0.25, 0.3) is 0 Å². The van der Waals surface area contributed by atoms with Gasteiger partial charge in [0.15, 0.2) is 12.1 Å². The fourth-order valence-corrected chi connectivity index (χ4v) is 7.64. The van der Waals surface area contributed by atoms with Gasteiger partial charge in [0.25, 0.3) is 5.91 Å². The normalized spacial score (nSPS) is 18.9. The fourth-order valence-electron chi connectivity index (χ4n) is 6.68. The molecule has 0 aromatic heterocycles. The Morgan fingerprint density at radius 3 is 2.44 bits per heavy atom. The molecule has 2 heterocycles. The van der Waals surface area contributed by atoms with Gasteiger partial charge in [0.1, 0.15) is 12.6 Å². The van der Waals surface area contributed by atoms with E-state index in [0.29, 0.717) is 18.5 Å². The standard InChI is InChI=1S/C37H45N5O7S/c1-23(2)20-30(33(39)43)42(29-17-19-48-36(29)46,34(44)25-15-16-32-28(21-25)41-27-13-6-7-14-31(27)50-32)35(45)26(38)12-8-9-18-40-37(47)49-22-24-10-4-3-5-11-24/h3-7,10-11,13-16,21,23,26,29-30,36,41,46H,8-9,12,17-20,22,38H2,1-2H3,(H2-,39,40,43,47)/p+1/t26-,29-,30-,36?,42?/m0/s1. The highest BCUT2D eigenvalue weighted by Gasteiger charge is 2.63. The number of ether oxygens (including phenoxy) is 2. The second-order valence-electron chi connectivity index (χ2n) is 13.1. The van der Waals surface area contributed by atoms with Crippen molar-refractivity contribution in [2.45, 2.75) is 86.8 Å². The molecule has 3 aromatic rings. The molecule has 0 aliphatic carbocycles. The van der Waals surface area contributed by atoms with Crippen LogP contribution in [-0.2, 0) is 25.7 Å². The molecule has 266 valence electrons. The van der Waals surface area contributed by atoms with Gasteiger partial charge in [-0.25, -0.2) is 14.4 Å². The van der Waals surface area contributed by atoms with Gasteiger partial charge in [0.05, 0.1) is 23.5 Å². The molecule has 5 atom stereocenters. The average Bonchev–Trinajstić information content (AvgIpc) is 3.54. The summed E-state index contributed by atoms with van der Waals surface area (Å²) in [5.41, 5.74) is 15.2. The summed E-state index contributed by atoms with van der Waals surface area (Å²) in [6.45, 7) is 4.25. The van der Waals surface area contributed by atoms with E-state index in [1.54, 1.807) is 30.0 Å². The first-order chi connectivity index (χ1) is 24.0. The predicted octanol–water partition coefficient (Wildman–Crippen LogP) is 4.81. The molecule has 1 saturated heterocycles. The van der Waals surface area contributed by atoms with E-state index in [-0.39, 0.29) is 50.5 Å². The monoisotopic (exact) mass is 704 g/mol. The third-order valence-corrected chi connectivity index (χ3v) is 10.3. The van der Waals surface area contributed by atoms with Gasteiger partial charge in [-0.3, -0.25) is 4.79 Å². The Morgan fingerprint density at radius 2 is 1.74 bits per heavy atom. The average molecular weight is 705 g/mol. The predicted molar refractivity (Wildman–Crippen MR) is 189 cm³/mol. The summed E-state index contributed by atoms with van der Waals surface area (Å²) in [5, 5.41) is 17.2. The van der Waals surface area contributed by atoms with E-state index >= 15 is 4.79 Å². The number of primary amides is 1. The lowest BCUT2D eigenvalue weighted by Crippen LogP contribution is -2.75. The molecular formula is C37H46N5O7S+. The number of para-hydroxylation sites is 1. The van der Waals surface area contributed by atoms with Crippen LogP contribution in [0.1, 0.15) is 61.9 Å². The van der Waals surface area contributed by atoms with Crippen molar-refractivity contribution < 1.29 is 38.2 Å². The molecular weight excluding hydrogens is 659 g/mol. The summed E-state index contributed by atoms with van der Waals surface area (Å²) in [6.07, 6.45) is -0.777. The van der Waals surface area contributed by atoms with Crippen LogP contribution >= 0.6 is 11.8 Å². The van der Waals surface area contributed by atoms with Crippen LogP contribution in [0, 0.1) is 5.92 Å². The number of fused-ring (bicyclic) bond motifs is 2. The number of nitrogens with zero attached hydrogens (tertiary/aromatic N) is 1. The Hall–Kier alpha value is -4.27. The zero-order valence-corrected chi connectivity index (χ0v) is 29.2.